The molecule has 0 unspecified atom stereocenters. The Kier molecular flexibility index (Phi) is 6.29. The number of aldehydes is 1. The molecule has 0 spiro atoms. The summed E-state index contributed by atoms with van der Waals surface area (Å²) in [5, 5.41) is 3.28. The highest BCUT2D eigenvalue weighted by molar-refractivity contribution is 5.57. The minimum atomic E-state index is 0.283. The largest absolute Gasteiger partial charge is 0.437 e. The molecular formula is C23H25N5O2. The average molecular weight is 403 g/mol. The third kappa shape index (κ3) is 4.99. The molecule has 0 radical (unpaired) electrons. The predicted octanol–water partition coefficient (Wildman–Crippen LogP) is 4.09. The highest BCUT2D eigenvalue weighted by Crippen LogP contribution is 2.33. The third-order valence-electron chi connectivity index (χ3n) is 5.25. The van der Waals surface area contributed by atoms with Crippen molar-refractivity contribution >= 4 is 17.8 Å². The summed E-state index contributed by atoms with van der Waals surface area (Å²) >= 11 is 0. The molecule has 1 aliphatic rings. The number of pyridine rings is 1. The maximum absolute atomic E-state index is 10.7. The smallest absolute Gasteiger partial charge is 0.241 e. The van der Waals surface area contributed by atoms with Gasteiger partial charge < -0.3 is 14.8 Å². The normalized spacial score (nSPS) is 15.0. The van der Waals surface area contributed by atoms with Crippen molar-refractivity contribution in [2.75, 3.05) is 25.0 Å². The molecule has 0 aliphatic carbocycles. The monoisotopic (exact) mass is 403 g/mol. The maximum atomic E-state index is 10.7. The molecule has 1 saturated heterocycles. The van der Waals surface area contributed by atoms with Gasteiger partial charge in [-0.05, 0) is 68.8 Å². The Morgan fingerprint density at radius 2 is 1.83 bits per heavy atom. The van der Waals surface area contributed by atoms with E-state index >= 15 is 0 Å². The van der Waals surface area contributed by atoms with Gasteiger partial charge in [0.2, 0.25) is 5.88 Å². The third-order valence-corrected chi connectivity index (χ3v) is 5.25. The quantitative estimate of drug-likeness (QED) is 0.595. The highest BCUT2D eigenvalue weighted by atomic mass is 16.5. The van der Waals surface area contributed by atoms with E-state index in [1.165, 1.54) is 0 Å². The van der Waals surface area contributed by atoms with Gasteiger partial charge in [-0.3, -0.25) is 9.88 Å². The Labute approximate surface area is 176 Å². The number of aryl methyl sites for hydroxylation is 1. The number of hydrogen-bond donors (Lipinski definition) is 1. The van der Waals surface area contributed by atoms with Crippen LogP contribution in [0.2, 0.25) is 0 Å². The molecule has 30 heavy (non-hydrogen) atoms. The molecule has 1 N–H and O–H groups in total. The van der Waals surface area contributed by atoms with Crippen molar-refractivity contribution in [2.45, 2.75) is 25.7 Å². The van der Waals surface area contributed by atoms with E-state index < -0.39 is 0 Å². The Hall–Kier alpha value is -3.32. The van der Waals surface area contributed by atoms with Crippen LogP contribution in [0.25, 0.3) is 0 Å². The first-order valence-corrected chi connectivity index (χ1v) is 10.2. The maximum Gasteiger partial charge on any atom is 0.241 e. The van der Waals surface area contributed by atoms with Crippen molar-refractivity contribution in [1.29, 1.82) is 0 Å². The van der Waals surface area contributed by atoms with Gasteiger partial charge in [0.25, 0.3) is 0 Å². The van der Waals surface area contributed by atoms with Crippen molar-refractivity contribution in [3.8, 4) is 11.6 Å². The van der Waals surface area contributed by atoms with E-state index in [9.17, 15) is 4.79 Å². The van der Waals surface area contributed by atoms with Crippen LogP contribution in [0.4, 0.5) is 11.5 Å². The van der Waals surface area contributed by atoms with Crippen LogP contribution in [0.1, 0.15) is 30.0 Å². The number of piperidine rings is 1. The lowest BCUT2D eigenvalue weighted by molar-refractivity contribution is -0.109. The van der Waals surface area contributed by atoms with Gasteiger partial charge >= 0.3 is 0 Å². The fourth-order valence-corrected chi connectivity index (χ4v) is 3.60. The van der Waals surface area contributed by atoms with Crippen LogP contribution in [-0.4, -0.2) is 45.8 Å². The summed E-state index contributed by atoms with van der Waals surface area (Å²) in [6.07, 6.45) is 8.04. The van der Waals surface area contributed by atoms with E-state index in [-0.39, 0.29) is 5.92 Å². The number of carbonyl (C=O) groups excluding carboxylic acids is 1. The molecule has 1 aliphatic heterocycles. The number of ether oxygens (including phenoxy) is 1. The summed E-state index contributed by atoms with van der Waals surface area (Å²) in [6.45, 7) is 4.27. The molecule has 0 saturated carbocycles. The van der Waals surface area contributed by atoms with Gasteiger partial charge in [0.15, 0.2) is 0 Å². The van der Waals surface area contributed by atoms with Crippen LogP contribution in [-0.2, 0) is 4.79 Å². The number of aromatic nitrogens is 3. The zero-order chi connectivity index (χ0) is 20.8. The number of benzene rings is 1. The van der Waals surface area contributed by atoms with Crippen LogP contribution in [0.15, 0.2) is 55.0 Å². The van der Waals surface area contributed by atoms with Crippen LogP contribution >= 0.6 is 0 Å². The van der Waals surface area contributed by atoms with E-state index in [1.807, 2.05) is 49.5 Å². The van der Waals surface area contributed by atoms with Gasteiger partial charge in [-0.2, -0.15) is 0 Å². The minimum absolute atomic E-state index is 0.283. The molecular weight excluding hydrogens is 378 g/mol. The number of likely N-dealkylation sites (tertiary alicyclic amines) is 1. The number of nitrogens with one attached hydrogen (secondary N) is 1. The number of rotatable bonds is 7. The first-order valence-electron chi connectivity index (χ1n) is 10.2. The van der Waals surface area contributed by atoms with Gasteiger partial charge in [0.05, 0.1) is 6.54 Å². The second kappa shape index (κ2) is 9.45. The van der Waals surface area contributed by atoms with E-state index in [1.54, 1.807) is 12.4 Å². The standard InChI is InChI=1S/C23H25N5O2/c1-17-2-7-21(26-16-17)27-19-3-5-20(6-4-19)30-23-22(24-10-11-25-23)18-8-12-28(13-9-18)14-15-29/h2-7,10-11,15-16,18H,8-9,12-14H2,1H3,(H,26,27). The first kappa shape index (κ1) is 20.0. The predicted molar refractivity (Wildman–Crippen MR) is 115 cm³/mol. The highest BCUT2D eigenvalue weighted by Gasteiger charge is 2.25. The average Bonchev–Trinajstić information content (AvgIpc) is 2.78. The van der Waals surface area contributed by atoms with Crippen molar-refractivity contribution < 1.29 is 9.53 Å². The van der Waals surface area contributed by atoms with Crippen LogP contribution < -0.4 is 10.1 Å². The molecule has 4 rings (SSSR count). The summed E-state index contributed by atoms with van der Waals surface area (Å²) in [6, 6.07) is 11.7. The topological polar surface area (TPSA) is 80.2 Å². The molecule has 154 valence electrons. The molecule has 3 aromatic rings. The Balaban J connectivity index is 1.42. The lowest BCUT2D eigenvalue weighted by atomic mass is 9.93. The van der Waals surface area contributed by atoms with E-state index in [0.717, 1.165) is 55.0 Å². The first-order chi connectivity index (χ1) is 14.7. The van der Waals surface area contributed by atoms with Crippen LogP contribution in [0, 0.1) is 6.92 Å². The minimum Gasteiger partial charge on any atom is -0.437 e. The molecule has 0 atom stereocenters. The number of carbonyl (C=O) groups is 1. The van der Waals surface area contributed by atoms with Crippen molar-refractivity contribution in [2.24, 2.45) is 0 Å². The fraction of sp³-hybridized carbons (Fsp3) is 0.304. The number of anilines is 2. The molecule has 1 aromatic carbocycles. The number of hydrogen-bond acceptors (Lipinski definition) is 7. The summed E-state index contributed by atoms with van der Waals surface area (Å²) in [5.74, 6) is 2.33. The molecule has 7 nitrogen and oxygen atoms in total. The van der Waals surface area contributed by atoms with Gasteiger partial charge in [-0.1, -0.05) is 6.07 Å². The van der Waals surface area contributed by atoms with Crippen LogP contribution in [0.3, 0.4) is 0 Å². The molecule has 7 heteroatoms. The molecule has 0 amide bonds. The Morgan fingerprint density at radius 3 is 2.53 bits per heavy atom. The van der Waals surface area contributed by atoms with E-state index in [2.05, 4.69) is 25.2 Å². The number of nitrogens with zero attached hydrogens (tertiary/aromatic N) is 4. The van der Waals surface area contributed by atoms with E-state index in [4.69, 9.17) is 4.74 Å². The van der Waals surface area contributed by atoms with Gasteiger partial charge in [0.1, 0.15) is 23.5 Å². The molecule has 2 aromatic heterocycles. The summed E-state index contributed by atoms with van der Waals surface area (Å²) in [4.78, 5) is 26.2. The van der Waals surface area contributed by atoms with Crippen molar-refractivity contribution in [1.82, 2.24) is 19.9 Å². The summed E-state index contributed by atoms with van der Waals surface area (Å²) in [7, 11) is 0. The molecule has 1 fully saturated rings. The van der Waals surface area contributed by atoms with Gasteiger partial charge in [-0.25, -0.2) is 9.97 Å². The lowest BCUT2D eigenvalue weighted by Gasteiger charge is -2.30. The molecule has 3 heterocycles. The van der Waals surface area contributed by atoms with Gasteiger partial charge in [-0.15, -0.1) is 0 Å². The van der Waals surface area contributed by atoms with Crippen LogP contribution in [0.5, 0.6) is 11.6 Å². The van der Waals surface area contributed by atoms with Gasteiger partial charge in [0, 0.05) is 30.2 Å². The molecule has 0 bridgehead atoms. The lowest BCUT2D eigenvalue weighted by Crippen LogP contribution is -2.34. The summed E-state index contributed by atoms with van der Waals surface area (Å²) < 4.78 is 6.07. The van der Waals surface area contributed by atoms with Crippen molar-refractivity contribution in [3.63, 3.8) is 0 Å². The zero-order valence-corrected chi connectivity index (χ0v) is 17.0. The fourth-order valence-electron chi connectivity index (χ4n) is 3.60. The van der Waals surface area contributed by atoms with E-state index in [0.29, 0.717) is 18.2 Å². The SMILES string of the molecule is Cc1ccc(Nc2ccc(Oc3nccnc3C3CCN(CC=O)CC3)cc2)nc1. The Bertz CT molecular complexity index is 968. The zero-order valence-electron chi connectivity index (χ0n) is 17.0. The summed E-state index contributed by atoms with van der Waals surface area (Å²) in [5.41, 5.74) is 2.94. The second-order valence-electron chi connectivity index (χ2n) is 7.46. The van der Waals surface area contributed by atoms with Crippen molar-refractivity contribution in [3.05, 3.63) is 66.2 Å². The Morgan fingerprint density at radius 1 is 1.07 bits per heavy atom. The second-order valence-corrected chi connectivity index (χ2v) is 7.46.